The number of nitrogens with one attached hydrogen (secondary N) is 2. The molecule has 1 unspecified atom stereocenters. The molecule has 1 atom stereocenters. The fraction of sp³-hybridized carbons (Fsp3) is 0.214. The molecule has 0 fully saturated rings. The first-order valence-electron chi connectivity index (χ1n) is 6.24. The molecule has 0 amide bonds. The van der Waals surface area contributed by atoms with Gasteiger partial charge in [-0.2, -0.15) is 0 Å². The Labute approximate surface area is 119 Å². The number of nitrogens with zero attached hydrogens (tertiary/aromatic N) is 1. The third-order valence-corrected chi connectivity index (χ3v) is 4.47. The number of pyridine rings is 1. The van der Waals surface area contributed by atoms with Crippen LogP contribution in [0, 0.1) is 0 Å². The lowest BCUT2D eigenvalue weighted by atomic mass is 10.1. The largest absolute Gasteiger partial charge is 0.373 e. The van der Waals surface area contributed by atoms with Crippen LogP contribution in [-0.4, -0.2) is 20.4 Å². The Bertz CT molecular complexity index is 672. The fourth-order valence-corrected chi connectivity index (χ4v) is 3.07. The molecule has 0 radical (unpaired) electrons. The minimum absolute atomic E-state index is 0.194. The average Bonchev–Trinajstić information content (AvgIpc) is 2.48. The molecule has 1 heterocycles. The highest BCUT2D eigenvalue weighted by Gasteiger charge is 2.18. The standard InChI is InChI=1S/C14H17N3O2S/c1-11(12-6-4-3-5-7-12)17-20(18,19)13-8-9-16-14(10-13)15-2/h3-11,17H,1-2H3,(H,15,16). The van der Waals surface area contributed by atoms with Crippen LogP contribution in [0.3, 0.4) is 0 Å². The quantitative estimate of drug-likeness (QED) is 0.885. The molecule has 1 aromatic carbocycles. The fourth-order valence-electron chi connectivity index (χ4n) is 1.83. The van der Waals surface area contributed by atoms with Crippen LogP contribution in [0.25, 0.3) is 0 Å². The number of hydrogen-bond acceptors (Lipinski definition) is 4. The van der Waals surface area contributed by atoms with E-state index in [-0.39, 0.29) is 10.9 Å². The molecule has 0 spiro atoms. The molecule has 0 saturated carbocycles. The van der Waals surface area contributed by atoms with Crippen LogP contribution in [-0.2, 0) is 10.0 Å². The monoisotopic (exact) mass is 291 g/mol. The lowest BCUT2D eigenvalue weighted by Gasteiger charge is -2.15. The molecule has 6 heteroatoms. The summed E-state index contributed by atoms with van der Waals surface area (Å²) in [4.78, 5) is 4.20. The number of aromatic nitrogens is 1. The molecule has 2 rings (SSSR count). The summed E-state index contributed by atoms with van der Waals surface area (Å²) in [6.45, 7) is 1.81. The summed E-state index contributed by atoms with van der Waals surface area (Å²) in [6.07, 6.45) is 1.47. The van der Waals surface area contributed by atoms with Gasteiger partial charge in [-0.05, 0) is 18.6 Å². The van der Waals surface area contributed by atoms with Gasteiger partial charge < -0.3 is 5.32 Å². The second kappa shape index (κ2) is 6.02. The predicted octanol–water partition coefficient (Wildman–Crippen LogP) is 2.16. The first-order valence-corrected chi connectivity index (χ1v) is 7.72. The third kappa shape index (κ3) is 3.34. The van der Waals surface area contributed by atoms with Crippen molar-refractivity contribution in [3.8, 4) is 0 Å². The molecule has 1 aromatic heterocycles. The summed E-state index contributed by atoms with van der Waals surface area (Å²) in [5, 5.41) is 2.82. The lowest BCUT2D eigenvalue weighted by Crippen LogP contribution is -2.27. The minimum Gasteiger partial charge on any atom is -0.373 e. The summed E-state index contributed by atoms with van der Waals surface area (Å²) in [6, 6.07) is 12.1. The Balaban J connectivity index is 2.23. The van der Waals surface area contributed by atoms with Crippen molar-refractivity contribution in [3.05, 3.63) is 54.2 Å². The van der Waals surface area contributed by atoms with Crippen molar-refractivity contribution in [2.24, 2.45) is 0 Å². The molecular formula is C14H17N3O2S. The third-order valence-electron chi connectivity index (χ3n) is 2.93. The normalized spacial score (nSPS) is 12.9. The zero-order valence-electron chi connectivity index (χ0n) is 11.4. The maximum absolute atomic E-state index is 12.3. The molecule has 0 aliphatic carbocycles. The maximum atomic E-state index is 12.3. The van der Waals surface area contributed by atoms with Crippen molar-refractivity contribution in [3.63, 3.8) is 0 Å². The van der Waals surface area contributed by atoms with Gasteiger partial charge in [0.25, 0.3) is 0 Å². The summed E-state index contributed by atoms with van der Waals surface area (Å²) in [5.74, 6) is 0.514. The highest BCUT2D eigenvalue weighted by Crippen LogP contribution is 2.17. The van der Waals surface area contributed by atoms with Gasteiger partial charge in [-0.25, -0.2) is 18.1 Å². The Morgan fingerprint density at radius 2 is 1.85 bits per heavy atom. The summed E-state index contributed by atoms with van der Waals surface area (Å²) in [7, 11) is -1.88. The number of benzene rings is 1. The van der Waals surface area contributed by atoms with Gasteiger partial charge in [0.2, 0.25) is 10.0 Å². The number of rotatable bonds is 5. The van der Waals surface area contributed by atoms with Crippen molar-refractivity contribution in [2.45, 2.75) is 17.9 Å². The van der Waals surface area contributed by atoms with Gasteiger partial charge in [-0.15, -0.1) is 0 Å². The average molecular weight is 291 g/mol. The molecule has 2 aromatic rings. The van der Waals surface area contributed by atoms with Crippen LogP contribution in [0.5, 0.6) is 0 Å². The summed E-state index contributed by atoms with van der Waals surface area (Å²) >= 11 is 0. The number of hydrogen-bond donors (Lipinski definition) is 2. The molecule has 0 bridgehead atoms. The van der Waals surface area contributed by atoms with Gasteiger partial charge in [-0.3, -0.25) is 0 Å². The van der Waals surface area contributed by atoms with Gasteiger partial charge in [0.05, 0.1) is 4.90 Å². The molecule has 0 aliphatic rings. The molecule has 5 nitrogen and oxygen atoms in total. The summed E-state index contributed by atoms with van der Waals surface area (Å²) in [5.41, 5.74) is 0.916. The Kier molecular flexibility index (Phi) is 4.36. The van der Waals surface area contributed by atoms with E-state index in [1.54, 1.807) is 7.05 Å². The first-order chi connectivity index (χ1) is 9.53. The Morgan fingerprint density at radius 1 is 1.15 bits per heavy atom. The van der Waals surface area contributed by atoms with Crippen molar-refractivity contribution in [2.75, 3.05) is 12.4 Å². The van der Waals surface area contributed by atoms with Crippen LogP contribution < -0.4 is 10.0 Å². The zero-order chi connectivity index (χ0) is 14.6. The van der Waals surface area contributed by atoms with Crippen molar-refractivity contribution >= 4 is 15.8 Å². The van der Waals surface area contributed by atoms with E-state index in [4.69, 9.17) is 0 Å². The minimum atomic E-state index is -3.57. The molecule has 20 heavy (non-hydrogen) atoms. The van der Waals surface area contributed by atoms with Gasteiger partial charge in [-0.1, -0.05) is 30.3 Å². The predicted molar refractivity (Wildman–Crippen MR) is 79.0 cm³/mol. The van der Waals surface area contributed by atoms with Gasteiger partial charge in [0.15, 0.2) is 0 Å². The summed E-state index contributed by atoms with van der Waals surface area (Å²) < 4.78 is 27.3. The molecule has 0 aliphatic heterocycles. The van der Waals surface area contributed by atoms with E-state index >= 15 is 0 Å². The van der Waals surface area contributed by atoms with E-state index in [0.717, 1.165) is 5.56 Å². The van der Waals surface area contributed by atoms with Crippen LogP contribution in [0.15, 0.2) is 53.6 Å². The number of anilines is 1. The van der Waals surface area contributed by atoms with Crippen molar-refractivity contribution < 1.29 is 8.42 Å². The van der Waals surface area contributed by atoms with E-state index < -0.39 is 10.0 Å². The van der Waals surface area contributed by atoms with E-state index in [1.165, 1.54) is 18.3 Å². The topological polar surface area (TPSA) is 71.1 Å². The Hall–Kier alpha value is -1.92. The lowest BCUT2D eigenvalue weighted by molar-refractivity contribution is 0.567. The molecule has 106 valence electrons. The first kappa shape index (κ1) is 14.5. The maximum Gasteiger partial charge on any atom is 0.241 e. The van der Waals surface area contributed by atoms with Crippen LogP contribution >= 0.6 is 0 Å². The van der Waals surface area contributed by atoms with Gasteiger partial charge in [0.1, 0.15) is 5.82 Å². The van der Waals surface area contributed by atoms with Gasteiger partial charge in [0, 0.05) is 25.4 Å². The number of sulfonamides is 1. The zero-order valence-corrected chi connectivity index (χ0v) is 12.2. The molecule has 2 N–H and O–H groups in total. The van der Waals surface area contributed by atoms with E-state index in [9.17, 15) is 8.42 Å². The Morgan fingerprint density at radius 3 is 2.50 bits per heavy atom. The molecular weight excluding hydrogens is 274 g/mol. The van der Waals surface area contributed by atoms with Crippen LogP contribution in [0.1, 0.15) is 18.5 Å². The van der Waals surface area contributed by atoms with Crippen molar-refractivity contribution in [1.82, 2.24) is 9.71 Å². The second-order valence-electron chi connectivity index (χ2n) is 4.38. The highest BCUT2D eigenvalue weighted by atomic mass is 32.2. The van der Waals surface area contributed by atoms with E-state index in [1.807, 2.05) is 37.3 Å². The van der Waals surface area contributed by atoms with Gasteiger partial charge >= 0.3 is 0 Å². The van der Waals surface area contributed by atoms with E-state index in [2.05, 4.69) is 15.0 Å². The SMILES string of the molecule is CNc1cc(S(=O)(=O)NC(C)c2ccccc2)ccn1. The smallest absolute Gasteiger partial charge is 0.241 e. The van der Waals surface area contributed by atoms with Crippen LogP contribution in [0.2, 0.25) is 0 Å². The molecule has 0 saturated heterocycles. The highest BCUT2D eigenvalue weighted by molar-refractivity contribution is 7.89. The van der Waals surface area contributed by atoms with Crippen LogP contribution in [0.4, 0.5) is 5.82 Å². The van der Waals surface area contributed by atoms with Crippen molar-refractivity contribution in [1.29, 1.82) is 0 Å². The second-order valence-corrected chi connectivity index (χ2v) is 6.09. The van der Waals surface area contributed by atoms with E-state index in [0.29, 0.717) is 5.82 Å².